The third-order valence-corrected chi connectivity index (χ3v) is 2.77. The van der Waals surface area contributed by atoms with Gasteiger partial charge >= 0.3 is 0 Å². The maximum absolute atomic E-state index is 9.60. The topological polar surface area (TPSA) is 38.7 Å². The van der Waals surface area contributed by atoms with E-state index in [1.54, 1.807) is 0 Å². The Bertz CT molecular complexity index is 355. The van der Waals surface area contributed by atoms with Crippen molar-refractivity contribution in [1.29, 1.82) is 0 Å². The Balaban J connectivity index is 2.31. The van der Waals surface area contributed by atoms with Gasteiger partial charge in [-0.2, -0.15) is 0 Å². The number of hydrogen-bond donors (Lipinski definition) is 1. The molecule has 0 spiro atoms. The van der Waals surface area contributed by atoms with Crippen molar-refractivity contribution in [3.8, 4) is 11.5 Å². The van der Waals surface area contributed by atoms with E-state index in [1.165, 1.54) is 0 Å². The SMILES string of the molecule is CCCCOc1cccc(OCCCC(C)(C)O)c1. The molecule has 0 atom stereocenters. The van der Waals surface area contributed by atoms with Gasteiger partial charge in [-0.05, 0) is 45.2 Å². The summed E-state index contributed by atoms with van der Waals surface area (Å²) in [6.07, 6.45) is 3.77. The Kier molecular flexibility index (Phi) is 6.71. The highest BCUT2D eigenvalue weighted by Crippen LogP contribution is 2.20. The third-order valence-electron chi connectivity index (χ3n) is 2.77. The number of hydrogen-bond acceptors (Lipinski definition) is 3. The zero-order chi connectivity index (χ0) is 14.1. The molecule has 0 fully saturated rings. The lowest BCUT2D eigenvalue weighted by molar-refractivity contribution is 0.0641. The number of ether oxygens (including phenoxy) is 2. The number of benzene rings is 1. The molecule has 3 heteroatoms. The molecule has 1 rings (SSSR count). The van der Waals surface area contributed by atoms with E-state index in [0.29, 0.717) is 6.61 Å². The Morgan fingerprint density at radius 2 is 1.63 bits per heavy atom. The first-order valence-corrected chi connectivity index (χ1v) is 7.09. The molecule has 0 aliphatic rings. The number of unbranched alkanes of at least 4 members (excludes halogenated alkanes) is 1. The Hall–Kier alpha value is -1.22. The average molecular weight is 266 g/mol. The maximum atomic E-state index is 9.60. The predicted octanol–water partition coefficient (Wildman–Crippen LogP) is 3.80. The van der Waals surface area contributed by atoms with Gasteiger partial charge in [0.05, 0.1) is 18.8 Å². The third kappa shape index (κ3) is 7.73. The summed E-state index contributed by atoms with van der Waals surface area (Å²) in [7, 11) is 0. The smallest absolute Gasteiger partial charge is 0.122 e. The van der Waals surface area contributed by atoms with Gasteiger partial charge in [0.25, 0.3) is 0 Å². The van der Waals surface area contributed by atoms with E-state index in [0.717, 1.165) is 43.8 Å². The average Bonchev–Trinajstić information content (AvgIpc) is 2.35. The highest BCUT2D eigenvalue weighted by molar-refractivity contribution is 5.32. The van der Waals surface area contributed by atoms with Crippen molar-refractivity contribution in [3.05, 3.63) is 24.3 Å². The zero-order valence-electron chi connectivity index (χ0n) is 12.3. The molecular formula is C16H26O3. The minimum Gasteiger partial charge on any atom is -0.493 e. The van der Waals surface area contributed by atoms with Gasteiger partial charge in [0.2, 0.25) is 0 Å². The van der Waals surface area contributed by atoms with Crippen LogP contribution in [0.4, 0.5) is 0 Å². The molecule has 0 unspecified atom stereocenters. The van der Waals surface area contributed by atoms with Gasteiger partial charge in [-0.15, -0.1) is 0 Å². The summed E-state index contributed by atoms with van der Waals surface area (Å²) >= 11 is 0. The molecule has 0 aromatic heterocycles. The van der Waals surface area contributed by atoms with Crippen LogP contribution in [-0.2, 0) is 0 Å². The minimum atomic E-state index is -0.617. The van der Waals surface area contributed by atoms with Crippen LogP contribution in [0.15, 0.2) is 24.3 Å². The summed E-state index contributed by atoms with van der Waals surface area (Å²) < 4.78 is 11.3. The number of rotatable bonds is 9. The van der Waals surface area contributed by atoms with Gasteiger partial charge in [0.1, 0.15) is 11.5 Å². The summed E-state index contributed by atoms with van der Waals surface area (Å²) in [5.74, 6) is 1.68. The van der Waals surface area contributed by atoms with Crippen LogP contribution in [0.5, 0.6) is 11.5 Å². The van der Waals surface area contributed by atoms with E-state index in [2.05, 4.69) is 6.92 Å². The van der Waals surface area contributed by atoms with E-state index >= 15 is 0 Å². The van der Waals surface area contributed by atoms with Crippen LogP contribution in [-0.4, -0.2) is 23.9 Å². The van der Waals surface area contributed by atoms with Crippen LogP contribution in [0.3, 0.4) is 0 Å². The summed E-state index contributed by atoms with van der Waals surface area (Å²) in [5, 5.41) is 9.60. The van der Waals surface area contributed by atoms with Gasteiger partial charge in [-0.25, -0.2) is 0 Å². The van der Waals surface area contributed by atoms with E-state index in [4.69, 9.17) is 9.47 Å². The summed E-state index contributed by atoms with van der Waals surface area (Å²) in [6, 6.07) is 7.72. The Morgan fingerprint density at radius 1 is 1.05 bits per heavy atom. The first-order valence-electron chi connectivity index (χ1n) is 7.09. The molecule has 0 saturated carbocycles. The molecule has 19 heavy (non-hydrogen) atoms. The second-order valence-electron chi connectivity index (χ2n) is 5.44. The lowest BCUT2D eigenvalue weighted by Crippen LogP contribution is -2.19. The van der Waals surface area contributed by atoms with E-state index in [-0.39, 0.29) is 0 Å². The fourth-order valence-electron chi connectivity index (χ4n) is 1.68. The lowest BCUT2D eigenvalue weighted by atomic mass is 10.0. The predicted molar refractivity (Wildman–Crippen MR) is 77.9 cm³/mol. The monoisotopic (exact) mass is 266 g/mol. The van der Waals surface area contributed by atoms with E-state index in [1.807, 2.05) is 38.1 Å². The van der Waals surface area contributed by atoms with Crippen LogP contribution in [0.2, 0.25) is 0 Å². The van der Waals surface area contributed by atoms with Gasteiger partial charge in [-0.3, -0.25) is 0 Å². The second kappa shape index (κ2) is 8.05. The van der Waals surface area contributed by atoms with Gasteiger partial charge < -0.3 is 14.6 Å². The Morgan fingerprint density at radius 3 is 2.16 bits per heavy atom. The van der Waals surface area contributed by atoms with Gasteiger partial charge in [0, 0.05) is 6.07 Å². The number of aliphatic hydroxyl groups is 1. The minimum absolute atomic E-state index is 0.613. The first kappa shape index (κ1) is 15.8. The molecule has 1 N–H and O–H groups in total. The molecule has 0 aliphatic carbocycles. The van der Waals surface area contributed by atoms with Crippen LogP contribution in [0.1, 0.15) is 46.5 Å². The fraction of sp³-hybridized carbons (Fsp3) is 0.625. The normalized spacial score (nSPS) is 11.4. The second-order valence-corrected chi connectivity index (χ2v) is 5.44. The molecule has 3 nitrogen and oxygen atoms in total. The van der Waals surface area contributed by atoms with Crippen LogP contribution < -0.4 is 9.47 Å². The molecule has 1 aromatic carbocycles. The van der Waals surface area contributed by atoms with Crippen molar-refractivity contribution in [2.24, 2.45) is 0 Å². The van der Waals surface area contributed by atoms with Crippen molar-refractivity contribution < 1.29 is 14.6 Å². The van der Waals surface area contributed by atoms with Crippen LogP contribution in [0.25, 0.3) is 0 Å². The standard InChI is InChI=1S/C16H26O3/c1-4-5-11-18-14-8-6-9-15(13-14)19-12-7-10-16(2,3)17/h6,8-9,13,17H,4-5,7,10-12H2,1-3H3. The van der Waals surface area contributed by atoms with Crippen molar-refractivity contribution >= 4 is 0 Å². The molecule has 0 bridgehead atoms. The van der Waals surface area contributed by atoms with E-state index in [9.17, 15) is 5.11 Å². The summed E-state index contributed by atoms with van der Waals surface area (Å²) in [6.45, 7) is 7.14. The van der Waals surface area contributed by atoms with Crippen molar-refractivity contribution in [2.75, 3.05) is 13.2 Å². The molecular weight excluding hydrogens is 240 g/mol. The Labute approximate surface area is 116 Å². The van der Waals surface area contributed by atoms with Crippen LogP contribution in [0, 0.1) is 0 Å². The van der Waals surface area contributed by atoms with Gasteiger partial charge in [-0.1, -0.05) is 19.4 Å². The molecule has 1 aromatic rings. The molecule has 0 aliphatic heterocycles. The first-order chi connectivity index (χ1) is 9.01. The lowest BCUT2D eigenvalue weighted by Gasteiger charge is -2.16. The summed E-state index contributed by atoms with van der Waals surface area (Å²) in [4.78, 5) is 0. The van der Waals surface area contributed by atoms with E-state index < -0.39 is 5.60 Å². The van der Waals surface area contributed by atoms with Crippen molar-refractivity contribution in [1.82, 2.24) is 0 Å². The van der Waals surface area contributed by atoms with Crippen LogP contribution >= 0.6 is 0 Å². The molecule has 0 amide bonds. The largest absolute Gasteiger partial charge is 0.493 e. The zero-order valence-corrected chi connectivity index (χ0v) is 12.3. The maximum Gasteiger partial charge on any atom is 0.122 e. The fourth-order valence-corrected chi connectivity index (χ4v) is 1.68. The highest BCUT2D eigenvalue weighted by atomic mass is 16.5. The van der Waals surface area contributed by atoms with Crippen molar-refractivity contribution in [3.63, 3.8) is 0 Å². The molecule has 108 valence electrons. The molecule has 0 saturated heterocycles. The van der Waals surface area contributed by atoms with Gasteiger partial charge in [0.15, 0.2) is 0 Å². The summed E-state index contributed by atoms with van der Waals surface area (Å²) in [5.41, 5.74) is -0.617. The molecule has 0 radical (unpaired) electrons. The highest BCUT2D eigenvalue weighted by Gasteiger charge is 2.11. The quantitative estimate of drug-likeness (QED) is 0.691. The molecule has 0 heterocycles. The van der Waals surface area contributed by atoms with Crippen molar-refractivity contribution in [2.45, 2.75) is 52.1 Å².